The summed E-state index contributed by atoms with van der Waals surface area (Å²) >= 11 is 0. The van der Waals surface area contributed by atoms with Crippen LogP contribution in [0.2, 0.25) is 0 Å². The van der Waals surface area contributed by atoms with Gasteiger partial charge in [0.25, 0.3) is 0 Å². The Morgan fingerprint density at radius 2 is 1.90 bits per heavy atom. The molecule has 0 bridgehead atoms. The van der Waals surface area contributed by atoms with Gasteiger partial charge < -0.3 is 29.3 Å². The van der Waals surface area contributed by atoms with Crippen molar-refractivity contribution in [1.29, 1.82) is 0 Å². The van der Waals surface area contributed by atoms with Gasteiger partial charge in [-0.05, 0) is 27.2 Å². The molecule has 0 radical (unpaired) electrons. The van der Waals surface area contributed by atoms with Crippen LogP contribution in [0, 0.1) is 11.6 Å². The number of carbonyl (C=O) groups is 1. The normalized spacial score (nSPS) is 20.1. The zero-order valence-corrected chi connectivity index (χ0v) is 22.8. The van der Waals surface area contributed by atoms with E-state index in [9.17, 15) is 13.6 Å². The van der Waals surface area contributed by atoms with Crippen LogP contribution in [0.25, 0.3) is 17.0 Å². The number of piperidine rings is 1. The summed E-state index contributed by atoms with van der Waals surface area (Å²) in [5.41, 5.74) is -0.409. The Balaban J connectivity index is 1.45. The monoisotopic (exact) mass is 563 g/mol. The van der Waals surface area contributed by atoms with Crippen molar-refractivity contribution in [2.24, 2.45) is 0 Å². The topological polar surface area (TPSA) is 106 Å². The van der Waals surface area contributed by atoms with Gasteiger partial charge in [-0.1, -0.05) is 0 Å². The molecule has 0 unspecified atom stereocenters. The third-order valence-corrected chi connectivity index (χ3v) is 6.64. The van der Waals surface area contributed by atoms with Gasteiger partial charge in [-0.2, -0.15) is 0 Å². The number of hydrogen-bond donors (Lipinski definition) is 1. The number of alkyl halides is 1. The first kappa shape index (κ1) is 27.7. The summed E-state index contributed by atoms with van der Waals surface area (Å²) in [6.45, 7) is 7.48. The molecule has 2 fully saturated rings. The number of hydrogen-bond acceptors (Lipinski definition) is 9. The van der Waals surface area contributed by atoms with E-state index in [1.807, 2.05) is 4.90 Å². The minimum atomic E-state index is -1.39. The molecular formula is C26H32F3N7O4. The number of likely N-dealkylation sites (tertiary alicyclic amines) is 1. The summed E-state index contributed by atoms with van der Waals surface area (Å²) in [6.07, 6.45) is -0.589. The minimum Gasteiger partial charge on any atom is -0.493 e. The highest BCUT2D eigenvalue weighted by molar-refractivity contribution is 5.69. The van der Waals surface area contributed by atoms with Gasteiger partial charge in [0.15, 0.2) is 34.7 Å². The van der Waals surface area contributed by atoms with Crippen LogP contribution in [0.3, 0.4) is 0 Å². The summed E-state index contributed by atoms with van der Waals surface area (Å²) in [5, 5.41) is 7.38. The molecule has 2 aliphatic heterocycles. The molecule has 1 N–H and O–H groups in total. The molecule has 216 valence electrons. The number of ether oxygens (including phenoxy) is 3. The molecule has 1 amide bonds. The van der Waals surface area contributed by atoms with Gasteiger partial charge in [0.2, 0.25) is 0 Å². The van der Waals surface area contributed by atoms with E-state index in [-0.39, 0.29) is 36.7 Å². The lowest BCUT2D eigenvalue weighted by Crippen LogP contribution is -2.52. The molecule has 14 heteroatoms. The molecule has 0 saturated carbocycles. The number of morpholine rings is 1. The van der Waals surface area contributed by atoms with Crippen LogP contribution in [-0.2, 0) is 9.47 Å². The molecule has 2 aliphatic rings. The lowest BCUT2D eigenvalue weighted by atomic mass is 10.0. The van der Waals surface area contributed by atoms with Crippen molar-refractivity contribution < 1.29 is 32.2 Å². The van der Waals surface area contributed by atoms with Crippen molar-refractivity contribution in [1.82, 2.24) is 24.5 Å². The minimum absolute atomic E-state index is 0.0237. The molecule has 5 heterocycles. The maximum absolute atomic E-state index is 15.1. The number of amides is 1. The summed E-state index contributed by atoms with van der Waals surface area (Å²) in [6, 6.07) is 1.36. The van der Waals surface area contributed by atoms with Crippen LogP contribution in [0.4, 0.5) is 29.6 Å². The van der Waals surface area contributed by atoms with Crippen molar-refractivity contribution in [2.45, 2.75) is 45.0 Å². The van der Waals surface area contributed by atoms with Gasteiger partial charge in [0.1, 0.15) is 23.2 Å². The van der Waals surface area contributed by atoms with Gasteiger partial charge >= 0.3 is 6.09 Å². The summed E-state index contributed by atoms with van der Waals surface area (Å²) in [5.74, 6) is -1.29. The zero-order chi connectivity index (χ0) is 28.6. The van der Waals surface area contributed by atoms with E-state index in [1.54, 1.807) is 26.8 Å². The van der Waals surface area contributed by atoms with Gasteiger partial charge in [-0.15, -0.1) is 5.10 Å². The van der Waals surface area contributed by atoms with Crippen molar-refractivity contribution in [3.63, 3.8) is 0 Å². The largest absolute Gasteiger partial charge is 0.493 e. The van der Waals surface area contributed by atoms with Crippen LogP contribution in [0.5, 0.6) is 5.75 Å². The number of aromatic nitrogens is 4. The number of rotatable bonds is 5. The van der Waals surface area contributed by atoms with Crippen molar-refractivity contribution in [2.75, 3.05) is 56.7 Å². The molecule has 0 aromatic carbocycles. The van der Waals surface area contributed by atoms with Crippen LogP contribution in [0.15, 0.2) is 18.3 Å². The molecule has 0 aliphatic carbocycles. The van der Waals surface area contributed by atoms with Crippen LogP contribution >= 0.6 is 0 Å². The Morgan fingerprint density at radius 3 is 2.60 bits per heavy atom. The summed E-state index contributed by atoms with van der Waals surface area (Å²) < 4.78 is 62.6. The lowest BCUT2D eigenvalue weighted by Gasteiger charge is -2.36. The molecule has 3 aromatic heterocycles. The highest BCUT2D eigenvalue weighted by Crippen LogP contribution is 2.32. The highest BCUT2D eigenvalue weighted by Gasteiger charge is 2.34. The number of carbonyl (C=O) groups excluding carboxylic acids is 1. The van der Waals surface area contributed by atoms with E-state index < -0.39 is 35.5 Å². The van der Waals surface area contributed by atoms with Gasteiger partial charge in [-0.25, -0.2) is 32.4 Å². The van der Waals surface area contributed by atoms with E-state index in [0.717, 1.165) is 0 Å². The predicted octanol–water partition coefficient (Wildman–Crippen LogP) is 3.67. The highest BCUT2D eigenvalue weighted by atomic mass is 19.1. The molecule has 3 aromatic rings. The summed E-state index contributed by atoms with van der Waals surface area (Å²) in [4.78, 5) is 24.4. The quantitative estimate of drug-likeness (QED) is 0.498. The first-order valence-corrected chi connectivity index (χ1v) is 13.0. The molecule has 2 saturated heterocycles. The van der Waals surface area contributed by atoms with E-state index in [4.69, 9.17) is 14.2 Å². The Bertz CT molecular complexity index is 1390. The van der Waals surface area contributed by atoms with Gasteiger partial charge in [0, 0.05) is 38.3 Å². The molecule has 40 heavy (non-hydrogen) atoms. The standard InChI is InChI=1S/C26H32F3N7O4/c1-26(2,3)40-25(37)35-6-5-15(27)18(14-35)31-23-17(29)11-16(28)22(32-23)19-13-30-21-12-20(38-4)24(33-36(19)21)34-7-9-39-10-8-34/h11-13,15,18H,5-10,14H2,1-4H3,(H,31,32)/t15-,18-/m0/s1. The van der Waals surface area contributed by atoms with Gasteiger partial charge in [-0.3, -0.25) is 0 Å². The van der Waals surface area contributed by atoms with Crippen LogP contribution in [0.1, 0.15) is 27.2 Å². The second-order valence-corrected chi connectivity index (χ2v) is 10.7. The third kappa shape index (κ3) is 5.71. The average Bonchev–Trinajstić information content (AvgIpc) is 3.32. The average molecular weight is 564 g/mol. The molecule has 2 atom stereocenters. The van der Waals surface area contributed by atoms with E-state index in [2.05, 4.69) is 20.4 Å². The van der Waals surface area contributed by atoms with Crippen molar-refractivity contribution in [3.05, 3.63) is 30.0 Å². The second-order valence-electron chi connectivity index (χ2n) is 10.7. The first-order valence-electron chi connectivity index (χ1n) is 13.0. The molecule has 0 spiro atoms. The number of halogens is 3. The second kappa shape index (κ2) is 11.0. The van der Waals surface area contributed by atoms with E-state index in [0.29, 0.717) is 49.6 Å². The maximum Gasteiger partial charge on any atom is 0.410 e. The number of fused-ring (bicyclic) bond motifs is 1. The zero-order valence-electron chi connectivity index (χ0n) is 22.8. The Labute approximate surface area is 229 Å². The number of nitrogens with one attached hydrogen (secondary N) is 1. The predicted molar refractivity (Wildman–Crippen MR) is 140 cm³/mol. The third-order valence-electron chi connectivity index (χ3n) is 6.64. The fraction of sp³-hybridized carbons (Fsp3) is 0.538. The van der Waals surface area contributed by atoms with Gasteiger partial charge in [0.05, 0.1) is 32.6 Å². The number of pyridine rings is 1. The number of anilines is 2. The molecular weight excluding hydrogens is 531 g/mol. The van der Waals surface area contributed by atoms with Crippen LogP contribution in [-0.4, -0.2) is 94.9 Å². The van der Waals surface area contributed by atoms with Crippen LogP contribution < -0.4 is 15.0 Å². The van der Waals surface area contributed by atoms with Crippen molar-refractivity contribution in [3.8, 4) is 17.1 Å². The number of methoxy groups -OCH3 is 1. The molecule has 11 nitrogen and oxygen atoms in total. The molecule has 5 rings (SSSR count). The maximum atomic E-state index is 15.1. The van der Waals surface area contributed by atoms with E-state index in [1.165, 1.54) is 22.7 Å². The lowest BCUT2D eigenvalue weighted by molar-refractivity contribution is 0.0150. The van der Waals surface area contributed by atoms with E-state index >= 15 is 4.39 Å². The smallest absolute Gasteiger partial charge is 0.410 e. The number of nitrogens with zero attached hydrogens (tertiary/aromatic N) is 6. The van der Waals surface area contributed by atoms with Crippen molar-refractivity contribution >= 4 is 23.4 Å². The Morgan fingerprint density at radius 1 is 1.15 bits per heavy atom. The fourth-order valence-electron chi connectivity index (χ4n) is 4.67. The fourth-order valence-corrected chi connectivity index (χ4v) is 4.67. The number of imidazole rings is 1. The summed E-state index contributed by atoms with van der Waals surface area (Å²) in [7, 11) is 1.52. The Hall–Kier alpha value is -3.81. The SMILES string of the molecule is COc1cc2ncc(-c3nc(N[C@H]4CN(C(=O)OC(C)(C)C)CC[C@@H]4F)c(F)cc3F)n2nc1N1CCOCC1. The Kier molecular flexibility index (Phi) is 7.62. The first-order chi connectivity index (χ1) is 19.0.